The number of thiophene rings is 1. The van der Waals surface area contributed by atoms with E-state index < -0.39 is 10.0 Å². The van der Waals surface area contributed by atoms with Crippen LogP contribution in [0.1, 0.15) is 11.3 Å². The van der Waals surface area contributed by atoms with E-state index in [-0.39, 0.29) is 22.5 Å². The lowest BCUT2D eigenvalue weighted by atomic mass is 10.1. The highest BCUT2D eigenvalue weighted by Crippen LogP contribution is 2.21. The summed E-state index contributed by atoms with van der Waals surface area (Å²) in [6.07, 6.45) is 0.968. The number of primary sulfonamides is 1. The van der Waals surface area contributed by atoms with Gasteiger partial charge in [-0.05, 0) is 18.6 Å². The predicted molar refractivity (Wildman–Crippen MR) is 69.3 cm³/mol. The van der Waals surface area contributed by atoms with Crippen molar-refractivity contribution in [3.63, 3.8) is 0 Å². The van der Waals surface area contributed by atoms with Gasteiger partial charge in [-0.25, -0.2) is 13.6 Å². The Labute approximate surface area is 115 Å². The summed E-state index contributed by atoms with van der Waals surface area (Å²) in [4.78, 5) is 12.2. The number of esters is 1. The maximum absolute atomic E-state index is 11.6. The standard InChI is InChI=1S/C11H15NO5S2/c12-19(14,15)11-2-1-9(18-11)5-10(13)17-7-8-3-4-16-6-8/h1-2,8H,3-7H2,(H2,12,14,15). The van der Waals surface area contributed by atoms with Crippen molar-refractivity contribution < 1.29 is 22.7 Å². The van der Waals surface area contributed by atoms with Gasteiger partial charge in [0, 0.05) is 17.4 Å². The molecule has 0 amide bonds. The van der Waals surface area contributed by atoms with Crippen molar-refractivity contribution in [2.45, 2.75) is 17.1 Å². The SMILES string of the molecule is NS(=O)(=O)c1ccc(CC(=O)OCC2CCOC2)s1. The number of carbonyl (C=O) groups excluding carboxylic acids is 1. The highest BCUT2D eigenvalue weighted by Gasteiger charge is 2.18. The third-order valence-corrected chi connectivity index (χ3v) is 5.26. The highest BCUT2D eigenvalue weighted by atomic mass is 32.2. The number of ether oxygens (including phenoxy) is 2. The Morgan fingerprint density at radius 1 is 1.53 bits per heavy atom. The van der Waals surface area contributed by atoms with Crippen LogP contribution in [-0.2, 0) is 30.7 Å². The first-order chi connectivity index (χ1) is 8.95. The van der Waals surface area contributed by atoms with Gasteiger partial charge in [-0.3, -0.25) is 4.79 Å². The molecular weight excluding hydrogens is 290 g/mol. The van der Waals surface area contributed by atoms with Crippen molar-refractivity contribution >= 4 is 27.3 Å². The van der Waals surface area contributed by atoms with Crippen LogP contribution in [0.25, 0.3) is 0 Å². The zero-order valence-corrected chi connectivity index (χ0v) is 11.8. The molecule has 2 N–H and O–H groups in total. The van der Waals surface area contributed by atoms with Crippen LogP contribution in [0.4, 0.5) is 0 Å². The lowest BCUT2D eigenvalue weighted by Crippen LogP contribution is -2.15. The summed E-state index contributed by atoms with van der Waals surface area (Å²) in [7, 11) is -3.69. The van der Waals surface area contributed by atoms with Gasteiger partial charge in [-0.1, -0.05) is 0 Å². The molecule has 106 valence electrons. The molecule has 1 fully saturated rings. The minimum Gasteiger partial charge on any atom is -0.465 e. The van der Waals surface area contributed by atoms with Crippen molar-refractivity contribution in [3.05, 3.63) is 17.0 Å². The zero-order valence-electron chi connectivity index (χ0n) is 10.2. The molecule has 0 aromatic carbocycles. The van der Waals surface area contributed by atoms with E-state index in [1.807, 2.05) is 0 Å². The molecule has 1 aromatic heterocycles. The van der Waals surface area contributed by atoms with E-state index in [1.165, 1.54) is 6.07 Å². The van der Waals surface area contributed by atoms with Gasteiger partial charge < -0.3 is 9.47 Å². The zero-order chi connectivity index (χ0) is 13.9. The van der Waals surface area contributed by atoms with Crippen LogP contribution in [0, 0.1) is 5.92 Å². The fourth-order valence-corrected chi connectivity index (χ4v) is 3.49. The van der Waals surface area contributed by atoms with E-state index in [9.17, 15) is 13.2 Å². The van der Waals surface area contributed by atoms with Gasteiger partial charge in [0.05, 0.1) is 19.6 Å². The average Bonchev–Trinajstić information content (AvgIpc) is 2.95. The maximum Gasteiger partial charge on any atom is 0.311 e. The van der Waals surface area contributed by atoms with Crippen LogP contribution in [0.5, 0.6) is 0 Å². The first kappa shape index (κ1) is 14.4. The van der Waals surface area contributed by atoms with Crippen LogP contribution < -0.4 is 5.14 Å². The van der Waals surface area contributed by atoms with E-state index >= 15 is 0 Å². The second-order valence-electron chi connectivity index (χ2n) is 4.36. The van der Waals surface area contributed by atoms with Gasteiger partial charge in [-0.15, -0.1) is 11.3 Å². The molecule has 1 aliphatic rings. The summed E-state index contributed by atoms with van der Waals surface area (Å²) in [5, 5.41) is 4.99. The summed E-state index contributed by atoms with van der Waals surface area (Å²) in [5.74, 6) is -0.0954. The number of nitrogens with two attached hydrogens (primary N) is 1. The van der Waals surface area contributed by atoms with Crippen molar-refractivity contribution in [3.8, 4) is 0 Å². The highest BCUT2D eigenvalue weighted by molar-refractivity contribution is 7.91. The number of rotatable bonds is 5. The first-order valence-electron chi connectivity index (χ1n) is 5.80. The molecule has 0 bridgehead atoms. The molecule has 6 nitrogen and oxygen atoms in total. The molecule has 8 heteroatoms. The van der Waals surface area contributed by atoms with Crippen LogP contribution >= 0.6 is 11.3 Å². The molecule has 1 atom stereocenters. The van der Waals surface area contributed by atoms with Crippen molar-refractivity contribution in [1.82, 2.24) is 0 Å². The fourth-order valence-electron chi connectivity index (χ4n) is 1.73. The van der Waals surface area contributed by atoms with E-state index in [0.29, 0.717) is 24.7 Å². The van der Waals surface area contributed by atoms with E-state index in [1.54, 1.807) is 6.07 Å². The Bertz CT molecular complexity index is 545. The monoisotopic (exact) mass is 305 g/mol. The molecule has 19 heavy (non-hydrogen) atoms. The molecule has 2 heterocycles. The maximum atomic E-state index is 11.6. The predicted octanol–water partition coefficient (Wildman–Crippen LogP) is 0.518. The quantitative estimate of drug-likeness (QED) is 0.800. The Balaban J connectivity index is 1.83. The number of hydrogen-bond acceptors (Lipinski definition) is 6. The van der Waals surface area contributed by atoms with Crippen LogP contribution in [0.15, 0.2) is 16.3 Å². The Hall–Kier alpha value is -0.960. The van der Waals surface area contributed by atoms with Gasteiger partial charge in [0.25, 0.3) is 0 Å². The molecule has 0 radical (unpaired) electrons. The molecule has 2 rings (SSSR count). The fraction of sp³-hybridized carbons (Fsp3) is 0.545. The van der Waals surface area contributed by atoms with Gasteiger partial charge in [-0.2, -0.15) is 0 Å². The smallest absolute Gasteiger partial charge is 0.311 e. The second kappa shape index (κ2) is 6.00. The number of carbonyl (C=O) groups is 1. The van der Waals surface area contributed by atoms with Crippen molar-refractivity contribution in [2.75, 3.05) is 19.8 Å². The van der Waals surface area contributed by atoms with Crippen LogP contribution in [0.2, 0.25) is 0 Å². The van der Waals surface area contributed by atoms with Gasteiger partial charge >= 0.3 is 5.97 Å². The molecule has 0 spiro atoms. The summed E-state index contributed by atoms with van der Waals surface area (Å²) in [6, 6.07) is 2.97. The lowest BCUT2D eigenvalue weighted by molar-refractivity contribution is -0.144. The molecular formula is C11H15NO5S2. The van der Waals surface area contributed by atoms with Crippen molar-refractivity contribution in [1.29, 1.82) is 0 Å². The first-order valence-corrected chi connectivity index (χ1v) is 8.16. The third-order valence-electron chi connectivity index (χ3n) is 2.74. The second-order valence-corrected chi connectivity index (χ2v) is 7.31. The van der Waals surface area contributed by atoms with E-state index in [0.717, 1.165) is 17.8 Å². The minimum absolute atomic E-state index is 0.0551. The van der Waals surface area contributed by atoms with Crippen molar-refractivity contribution in [2.24, 2.45) is 11.1 Å². The summed E-state index contributed by atoms with van der Waals surface area (Å²) >= 11 is 0.988. The summed E-state index contributed by atoms with van der Waals surface area (Å²) < 4.78 is 32.5. The third kappa shape index (κ3) is 4.27. The van der Waals surface area contributed by atoms with E-state index in [2.05, 4.69) is 0 Å². The molecule has 0 saturated carbocycles. The Morgan fingerprint density at radius 2 is 2.32 bits per heavy atom. The molecule has 1 aromatic rings. The number of sulfonamides is 1. The topological polar surface area (TPSA) is 95.7 Å². The summed E-state index contributed by atoms with van der Waals surface area (Å²) in [5.41, 5.74) is 0. The number of hydrogen-bond donors (Lipinski definition) is 1. The van der Waals surface area contributed by atoms with Crippen LogP contribution in [-0.4, -0.2) is 34.2 Å². The Kier molecular flexibility index (Phi) is 4.56. The van der Waals surface area contributed by atoms with E-state index in [4.69, 9.17) is 14.6 Å². The molecule has 1 aliphatic heterocycles. The normalized spacial score (nSPS) is 19.5. The van der Waals surface area contributed by atoms with Gasteiger partial charge in [0.15, 0.2) is 0 Å². The van der Waals surface area contributed by atoms with Crippen LogP contribution in [0.3, 0.4) is 0 Å². The molecule has 1 unspecified atom stereocenters. The minimum atomic E-state index is -3.69. The largest absolute Gasteiger partial charge is 0.465 e. The van der Waals surface area contributed by atoms with Gasteiger partial charge in [0.1, 0.15) is 4.21 Å². The molecule has 0 aliphatic carbocycles. The molecule has 1 saturated heterocycles. The lowest BCUT2D eigenvalue weighted by Gasteiger charge is -2.08. The average molecular weight is 305 g/mol. The van der Waals surface area contributed by atoms with Gasteiger partial charge in [0.2, 0.25) is 10.0 Å². The Morgan fingerprint density at radius 3 is 2.89 bits per heavy atom. The summed E-state index contributed by atoms with van der Waals surface area (Å²) in [6.45, 7) is 1.69.